The van der Waals surface area contributed by atoms with Gasteiger partial charge in [0.2, 0.25) is 0 Å². The quantitative estimate of drug-likeness (QED) is 0.781. The van der Waals surface area contributed by atoms with Crippen LogP contribution in [0.25, 0.3) is 0 Å². The predicted octanol–water partition coefficient (Wildman–Crippen LogP) is 5.31. The zero-order chi connectivity index (χ0) is 15.5. The summed E-state index contributed by atoms with van der Waals surface area (Å²) in [6.45, 7) is 2.68. The zero-order valence-electron chi connectivity index (χ0n) is 11.4. The molecule has 0 saturated heterocycles. The van der Waals surface area contributed by atoms with E-state index in [-0.39, 0.29) is 6.04 Å². The van der Waals surface area contributed by atoms with Crippen molar-refractivity contribution in [1.82, 2.24) is 5.32 Å². The molecule has 6 heteroatoms. The van der Waals surface area contributed by atoms with E-state index < -0.39 is 11.7 Å². The van der Waals surface area contributed by atoms with Crippen molar-refractivity contribution in [2.45, 2.75) is 25.6 Å². The summed E-state index contributed by atoms with van der Waals surface area (Å²) in [4.78, 5) is 0.955. The number of alkyl halides is 3. The van der Waals surface area contributed by atoms with Gasteiger partial charge in [-0.2, -0.15) is 13.2 Å². The van der Waals surface area contributed by atoms with Crippen LogP contribution in [0.2, 0.25) is 5.02 Å². The van der Waals surface area contributed by atoms with E-state index in [9.17, 15) is 13.2 Å². The van der Waals surface area contributed by atoms with Crippen LogP contribution in [0.15, 0.2) is 35.7 Å². The molecule has 2 aromatic rings. The van der Waals surface area contributed by atoms with E-state index in [4.69, 9.17) is 11.6 Å². The molecule has 0 aliphatic heterocycles. The van der Waals surface area contributed by atoms with Gasteiger partial charge in [-0.1, -0.05) is 36.7 Å². The number of likely N-dealkylation sites (N-methyl/N-ethyl adjacent to an activating group) is 1. The SMILES string of the molecule is CCNC(Cc1cccc(C(F)(F)F)c1)c1sccc1Cl. The van der Waals surface area contributed by atoms with Crippen LogP contribution in [0.4, 0.5) is 13.2 Å². The van der Waals surface area contributed by atoms with Gasteiger partial charge < -0.3 is 5.32 Å². The van der Waals surface area contributed by atoms with Gasteiger partial charge in [-0.15, -0.1) is 11.3 Å². The minimum Gasteiger partial charge on any atom is -0.309 e. The summed E-state index contributed by atoms with van der Waals surface area (Å²) < 4.78 is 38.3. The zero-order valence-corrected chi connectivity index (χ0v) is 12.9. The predicted molar refractivity (Wildman–Crippen MR) is 80.9 cm³/mol. The monoisotopic (exact) mass is 333 g/mol. The number of halogens is 4. The van der Waals surface area contributed by atoms with Crippen molar-refractivity contribution in [3.63, 3.8) is 0 Å². The van der Waals surface area contributed by atoms with Crippen LogP contribution in [-0.2, 0) is 12.6 Å². The van der Waals surface area contributed by atoms with Crippen molar-refractivity contribution in [3.05, 3.63) is 56.7 Å². The van der Waals surface area contributed by atoms with Gasteiger partial charge in [-0.25, -0.2) is 0 Å². The van der Waals surface area contributed by atoms with Crippen molar-refractivity contribution < 1.29 is 13.2 Å². The van der Waals surface area contributed by atoms with Crippen molar-refractivity contribution in [3.8, 4) is 0 Å². The first-order valence-corrected chi connectivity index (χ1v) is 7.80. The Balaban J connectivity index is 2.24. The van der Waals surface area contributed by atoms with Crippen molar-refractivity contribution in [1.29, 1.82) is 0 Å². The molecule has 0 spiro atoms. The Bertz CT molecular complexity index is 595. The number of rotatable bonds is 5. The molecule has 1 atom stereocenters. The third-order valence-corrected chi connectivity index (χ3v) is 4.58. The molecule has 1 nitrogen and oxygen atoms in total. The highest BCUT2D eigenvalue weighted by molar-refractivity contribution is 7.10. The normalized spacial score (nSPS) is 13.4. The lowest BCUT2D eigenvalue weighted by Crippen LogP contribution is -2.22. The average molecular weight is 334 g/mol. The van der Waals surface area contributed by atoms with Crippen molar-refractivity contribution >= 4 is 22.9 Å². The Morgan fingerprint density at radius 3 is 2.62 bits per heavy atom. The Morgan fingerprint density at radius 2 is 2.05 bits per heavy atom. The standard InChI is InChI=1S/C15H15ClF3NS/c1-2-20-13(14-12(16)6-7-21-14)9-10-4-3-5-11(8-10)15(17,18)19/h3-8,13,20H,2,9H2,1H3. The van der Waals surface area contributed by atoms with Gasteiger partial charge in [0.1, 0.15) is 0 Å². The first-order chi connectivity index (χ1) is 9.91. The lowest BCUT2D eigenvalue weighted by molar-refractivity contribution is -0.137. The van der Waals surface area contributed by atoms with E-state index in [0.717, 1.165) is 17.5 Å². The number of benzene rings is 1. The smallest absolute Gasteiger partial charge is 0.309 e. The van der Waals surface area contributed by atoms with E-state index >= 15 is 0 Å². The van der Waals surface area contributed by atoms with Crippen LogP contribution in [0.3, 0.4) is 0 Å². The third-order valence-electron chi connectivity index (χ3n) is 3.11. The largest absolute Gasteiger partial charge is 0.416 e. The summed E-state index contributed by atoms with van der Waals surface area (Å²) in [5.41, 5.74) is 0.0211. The Morgan fingerprint density at radius 1 is 1.29 bits per heavy atom. The van der Waals surface area contributed by atoms with E-state index in [1.54, 1.807) is 12.1 Å². The fourth-order valence-corrected chi connectivity index (χ4v) is 3.43. The van der Waals surface area contributed by atoms with Gasteiger partial charge in [0.15, 0.2) is 0 Å². The number of hydrogen-bond donors (Lipinski definition) is 1. The molecule has 1 N–H and O–H groups in total. The van der Waals surface area contributed by atoms with Gasteiger partial charge in [-0.3, -0.25) is 0 Å². The van der Waals surface area contributed by atoms with Crippen LogP contribution in [0, 0.1) is 0 Å². The second-order valence-electron chi connectivity index (χ2n) is 4.65. The summed E-state index contributed by atoms with van der Waals surface area (Å²) in [6.07, 6.45) is -3.84. The molecule has 114 valence electrons. The second-order valence-corrected chi connectivity index (χ2v) is 6.00. The van der Waals surface area contributed by atoms with E-state index in [0.29, 0.717) is 17.0 Å². The number of thiophene rings is 1. The molecule has 0 aliphatic rings. The highest BCUT2D eigenvalue weighted by atomic mass is 35.5. The average Bonchev–Trinajstić information content (AvgIpc) is 2.84. The first-order valence-electron chi connectivity index (χ1n) is 6.54. The summed E-state index contributed by atoms with van der Waals surface area (Å²) in [7, 11) is 0. The van der Waals surface area contributed by atoms with Crippen molar-refractivity contribution in [2.24, 2.45) is 0 Å². The van der Waals surface area contributed by atoms with Crippen LogP contribution in [-0.4, -0.2) is 6.54 Å². The molecule has 0 fully saturated rings. The molecule has 1 unspecified atom stereocenters. The summed E-state index contributed by atoms with van der Waals surface area (Å²) in [5, 5.41) is 5.81. The van der Waals surface area contributed by atoms with Crippen LogP contribution in [0.5, 0.6) is 0 Å². The fourth-order valence-electron chi connectivity index (χ4n) is 2.17. The topological polar surface area (TPSA) is 12.0 Å². The van der Waals surface area contributed by atoms with Crippen LogP contribution >= 0.6 is 22.9 Å². The van der Waals surface area contributed by atoms with Crippen LogP contribution < -0.4 is 5.32 Å². The molecule has 1 aromatic carbocycles. The van der Waals surface area contributed by atoms with Crippen LogP contribution in [0.1, 0.15) is 29.0 Å². The highest BCUT2D eigenvalue weighted by Gasteiger charge is 2.30. The maximum Gasteiger partial charge on any atom is 0.416 e. The molecular weight excluding hydrogens is 319 g/mol. The Hall–Kier alpha value is -1.04. The molecule has 0 bridgehead atoms. The van der Waals surface area contributed by atoms with Gasteiger partial charge in [0, 0.05) is 10.9 Å². The van der Waals surface area contributed by atoms with Crippen molar-refractivity contribution in [2.75, 3.05) is 6.54 Å². The highest BCUT2D eigenvalue weighted by Crippen LogP contribution is 2.33. The summed E-state index contributed by atoms with van der Waals surface area (Å²) in [5.74, 6) is 0. The molecular formula is C15H15ClF3NS. The maximum absolute atomic E-state index is 12.8. The maximum atomic E-state index is 12.8. The molecule has 2 rings (SSSR count). The second kappa shape index (κ2) is 6.81. The summed E-state index contributed by atoms with van der Waals surface area (Å²) in [6, 6.07) is 7.16. The van der Waals surface area contributed by atoms with Gasteiger partial charge in [0.25, 0.3) is 0 Å². The molecule has 0 amide bonds. The lowest BCUT2D eigenvalue weighted by Gasteiger charge is -2.18. The molecule has 1 aromatic heterocycles. The minimum atomic E-state index is -4.32. The molecule has 1 heterocycles. The lowest BCUT2D eigenvalue weighted by atomic mass is 10.0. The van der Waals surface area contributed by atoms with E-state index in [1.807, 2.05) is 12.3 Å². The molecule has 21 heavy (non-hydrogen) atoms. The fraction of sp³-hybridized carbons (Fsp3) is 0.333. The van der Waals surface area contributed by atoms with Gasteiger partial charge >= 0.3 is 6.18 Å². The summed E-state index contributed by atoms with van der Waals surface area (Å²) >= 11 is 7.64. The van der Waals surface area contributed by atoms with E-state index in [2.05, 4.69) is 5.32 Å². The van der Waals surface area contributed by atoms with E-state index in [1.165, 1.54) is 23.5 Å². The molecule has 0 saturated carbocycles. The first kappa shape index (κ1) is 16.3. The Labute approximate surface area is 130 Å². The number of hydrogen-bond acceptors (Lipinski definition) is 2. The van der Waals surface area contributed by atoms with Gasteiger partial charge in [-0.05, 0) is 36.0 Å². The minimum absolute atomic E-state index is 0.0778. The number of nitrogens with one attached hydrogen (secondary N) is 1. The molecule has 0 radical (unpaired) electrons. The van der Waals surface area contributed by atoms with Gasteiger partial charge in [0.05, 0.1) is 10.6 Å². The molecule has 0 aliphatic carbocycles. The Kier molecular flexibility index (Phi) is 5.30. The third kappa shape index (κ3) is 4.22.